The zero-order valence-corrected chi connectivity index (χ0v) is 9.02. The van der Waals surface area contributed by atoms with E-state index in [9.17, 15) is 18.7 Å². The number of aromatic carboxylic acids is 1. The molecule has 0 aliphatic carbocycles. The molecule has 5 heteroatoms. The van der Waals surface area contributed by atoms with E-state index in [4.69, 9.17) is 5.11 Å². The van der Waals surface area contributed by atoms with Gasteiger partial charge in [-0.15, -0.1) is 0 Å². The van der Waals surface area contributed by atoms with Gasteiger partial charge in [-0.25, -0.2) is 13.6 Å². The molecular weight excluding hydrogens is 242 g/mol. The van der Waals surface area contributed by atoms with Crippen molar-refractivity contribution in [1.29, 1.82) is 0 Å². The normalized spacial score (nSPS) is 10.3. The number of carboxylic acids is 1. The molecule has 0 saturated carbocycles. The lowest BCUT2D eigenvalue weighted by atomic mass is 10.0. The van der Waals surface area contributed by atoms with E-state index in [1.54, 1.807) is 0 Å². The van der Waals surface area contributed by atoms with Gasteiger partial charge in [-0.1, -0.05) is 24.3 Å². The third-order valence-electron chi connectivity index (χ3n) is 2.51. The Hall–Kier alpha value is -2.43. The van der Waals surface area contributed by atoms with Crippen LogP contribution in [0.2, 0.25) is 0 Å². The summed E-state index contributed by atoms with van der Waals surface area (Å²) in [6.07, 6.45) is 0. The monoisotopic (exact) mass is 250 g/mol. The van der Waals surface area contributed by atoms with E-state index in [0.29, 0.717) is 0 Å². The molecule has 0 bridgehead atoms. The van der Waals surface area contributed by atoms with Crippen molar-refractivity contribution in [2.75, 3.05) is 0 Å². The molecule has 2 N–H and O–H groups in total. The summed E-state index contributed by atoms with van der Waals surface area (Å²) in [6.45, 7) is 0. The van der Waals surface area contributed by atoms with Gasteiger partial charge in [0.05, 0.1) is 0 Å². The van der Waals surface area contributed by atoms with Crippen LogP contribution < -0.4 is 0 Å². The van der Waals surface area contributed by atoms with Gasteiger partial charge in [0, 0.05) is 11.1 Å². The van der Waals surface area contributed by atoms with Gasteiger partial charge in [0.15, 0.2) is 11.6 Å². The first-order valence-corrected chi connectivity index (χ1v) is 5.02. The quantitative estimate of drug-likeness (QED) is 0.861. The number of halogens is 2. The molecule has 0 fully saturated rings. The molecule has 2 rings (SSSR count). The number of benzene rings is 2. The molecule has 0 saturated heterocycles. The highest BCUT2D eigenvalue weighted by molar-refractivity contribution is 5.94. The van der Waals surface area contributed by atoms with Crippen molar-refractivity contribution >= 4 is 5.97 Å². The Kier molecular flexibility index (Phi) is 2.97. The predicted molar refractivity (Wildman–Crippen MR) is 60.4 cm³/mol. The Morgan fingerprint density at radius 2 is 1.61 bits per heavy atom. The van der Waals surface area contributed by atoms with E-state index in [0.717, 1.165) is 6.07 Å². The summed E-state index contributed by atoms with van der Waals surface area (Å²) in [5, 5.41) is 18.6. The van der Waals surface area contributed by atoms with Gasteiger partial charge in [-0.05, 0) is 12.1 Å². The number of para-hydroxylation sites is 1. The molecule has 2 aromatic carbocycles. The molecule has 0 amide bonds. The van der Waals surface area contributed by atoms with Crippen LogP contribution in [0.5, 0.6) is 5.75 Å². The van der Waals surface area contributed by atoms with Crippen molar-refractivity contribution in [1.82, 2.24) is 0 Å². The van der Waals surface area contributed by atoms with E-state index in [2.05, 4.69) is 0 Å². The Bertz CT molecular complexity index is 624. The number of rotatable bonds is 2. The Morgan fingerprint density at radius 3 is 2.28 bits per heavy atom. The Morgan fingerprint density at radius 1 is 1.00 bits per heavy atom. The van der Waals surface area contributed by atoms with E-state index >= 15 is 0 Å². The number of hydrogen-bond acceptors (Lipinski definition) is 2. The molecule has 0 spiro atoms. The lowest BCUT2D eigenvalue weighted by molar-refractivity contribution is 0.0694. The minimum Gasteiger partial charge on any atom is -0.506 e. The number of carbonyl (C=O) groups is 1. The van der Waals surface area contributed by atoms with Crippen LogP contribution in [0, 0.1) is 11.6 Å². The molecule has 2 aromatic rings. The van der Waals surface area contributed by atoms with Crippen LogP contribution in [-0.4, -0.2) is 16.2 Å². The summed E-state index contributed by atoms with van der Waals surface area (Å²) in [5.41, 5.74) is -0.612. The fourth-order valence-electron chi connectivity index (χ4n) is 1.65. The van der Waals surface area contributed by atoms with Gasteiger partial charge in [0.2, 0.25) is 0 Å². The largest absolute Gasteiger partial charge is 0.506 e. The fraction of sp³-hybridized carbons (Fsp3) is 0. The van der Waals surface area contributed by atoms with Gasteiger partial charge >= 0.3 is 5.97 Å². The molecule has 0 unspecified atom stereocenters. The Labute approximate surface area is 101 Å². The second-order valence-corrected chi connectivity index (χ2v) is 3.61. The summed E-state index contributed by atoms with van der Waals surface area (Å²) in [7, 11) is 0. The minimum atomic E-state index is -1.34. The molecule has 0 aliphatic rings. The fourth-order valence-corrected chi connectivity index (χ4v) is 1.65. The first-order chi connectivity index (χ1) is 8.52. The van der Waals surface area contributed by atoms with Crippen molar-refractivity contribution in [2.45, 2.75) is 0 Å². The first-order valence-electron chi connectivity index (χ1n) is 5.02. The van der Waals surface area contributed by atoms with Crippen LogP contribution in [0.3, 0.4) is 0 Å². The predicted octanol–water partition coefficient (Wildman–Crippen LogP) is 3.04. The van der Waals surface area contributed by atoms with Crippen LogP contribution in [-0.2, 0) is 0 Å². The zero-order chi connectivity index (χ0) is 13.3. The summed E-state index contributed by atoms with van der Waals surface area (Å²) in [5.74, 6) is -4.12. The summed E-state index contributed by atoms with van der Waals surface area (Å²) in [6, 6.07) is 7.33. The van der Waals surface area contributed by atoms with Crippen LogP contribution in [0.1, 0.15) is 10.4 Å². The highest BCUT2D eigenvalue weighted by atomic mass is 19.2. The summed E-state index contributed by atoms with van der Waals surface area (Å²) >= 11 is 0. The Balaban J connectivity index is 2.69. The minimum absolute atomic E-state index is 0.0631. The van der Waals surface area contributed by atoms with Gasteiger partial charge in [0.1, 0.15) is 11.3 Å². The van der Waals surface area contributed by atoms with Crippen molar-refractivity contribution < 1.29 is 23.8 Å². The van der Waals surface area contributed by atoms with Crippen molar-refractivity contribution in [3.63, 3.8) is 0 Å². The van der Waals surface area contributed by atoms with Gasteiger partial charge in [-0.3, -0.25) is 0 Å². The van der Waals surface area contributed by atoms with Crippen molar-refractivity contribution in [2.24, 2.45) is 0 Å². The van der Waals surface area contributed by atoms with E-state index < -0.39 is 23.4 Å². The number of carboxylic acid groups (broad SMARTS) is 1. The number of phenols is 1. The van der Waals surface area contributed by atoms with Gasteiger partial charge in [0.25, 0.3) is 0 Å². The average molecular weight is 250 g/mol. The maximum Gasteiger partial charge on any atom is 0.339 e. The molecule has 0 aliphatic heterocycles. The highest BCUT2D eigenvalue weighted by Crippen LogP contribution is 2.34. The molecule has 92 valence electrons. The second kappa shape index (κ2) is 4.44. The first kappa shape index (κ1) is 12.0. The molecule has 0 heterocycles. The molecule has 0 atom stereocenters. The molecule has 18 heavy (non-hydrogen) atoms. The van der Waals surface area contributed by atoms with Crippen molar-refractivity contribution in [3.8, 4) is 16.9 Å². The lowest BCUT2D eigenvalue weighted by Gasteiger charge is -2.08. The number of hydrogen-bond donors (Lipinski definition) is 2. The summed E-state index contributed by atoms with van der Waals surface area (Å²) < 4.78 is 26.6. The van der Waals surface area contributed by atoms with Crippen LogP contribution >= 0.6 is 0 Å². The second-order valence-electron chi connectivity index (χ2n) is 3.61. The lowest BCUT2D eigenvalue weighted by Crippen LogP contribution is -1.98. The topological polar surface area (TPSA) is 57.5 Å². The van der Waals surface area contributed by atoms with Gasteiger partial charge < -0.3 is 10.2 Å². The molecule has 0 aromatic heterocycles. The smallest absolute Gasteiger partial charge is 0.339 e. The highest BCUT2D eigenvalue weighted by Gasteiger charge is 2.17. The SMILES string of the molecule is O=C(O)c1cccc(-c2cccc(F)c2F)c1O. The third kappa shape index (κ3) is 1.90. The van der Waals surface area contributed by atoms with Crippen LogP contribution in [0.25, 0.3) is 11.1 Å². The average Bonchev–Trinajstić information content (AvgIpc) is 2.33. The molecular formula is C13H8F2O3. The summed E-state index contributed by atoms with van der Waals surface area (Å²) in [4.78, 5) is 10.8. The standard InChI is InChI=1S/C13H8F2O3/c14-10-6-2-3-7(11(10)15)8-4-1-5-9(12(8)16)13(17)18/h1-6,16H,(H,17,18). The van der Waals surface area contributed by atoms with Gasteiger partial charge in [-0.2, -0.15) is 0 Å². The number of aromatic hydroxyl groups is 1. The van der Waals surface area contributed by atoms with E-state index in [1.807, 2.05) is 0 Å². The maximum absolute atomic E-state index is 13.6. The van der Waals surface area contributed by atoms with E-state index in [-0.39, 0.29) is 16.7 Å². The van der Waals surface area contributed by atoms with Crippen molar-refractivity contribution in [3.05, 3.63) is 53.6 Å². The van der Waals surface area contributed by atoms with Crippen LogP contribution in [0.4, 0.5) is 8.78 Å². The maximum atomic E-state index is 13.6. The third-order valence-corrected chi connectivity index (χ3v) is 2.51. The van der Waals surface area contributed by atoms with Crippen LogP contribution in [0.15, 0.2) is 36.4 Å². The van der Waals surface area contributed by atoms with E-state index in [1.165, 1.54) is 30.3 Å². The molecule has 0 radical (unpaired) electrons. The molecule has 3 nitrogen and oxygen atoms in total. The zero-order valence-electron chi connectivity index (χ0n) is 9.02.